The third kappa shape index (κ3) is 2.59. The number of hydrogen-bond donors (Lipinski definition) is 2. The molecular weight excluding hydrogens is 268 g/mol. The van der Waals surface area contributed by atoms with Gasteiger partial charge in [-0.25, -0.2) is 4.98 Å². The average molecular weight is 290 g/mol. The van der Waals surface area contributed by atoms with E-state index in [1.807, 2.05) is 7.05 Å². The quantitative estimate of drug-likeness (QED) is 0.847. The molecule has 2 aromatic heterocycles. The van der Waals surface area contributed by atoms with Crippen LogP contribution in [0, 0.1) is 5.92 Å². The molecule has 2 aromatic rings. The molecule has 0 aliphatic heterocycles. The standard InChI is InChI=1S/C15H22N4S/c1-4-6-9-7-12(9)17-13-11-8-10(5-2)20-14(11)19-15(16-3)18-13/h8-9,12H,4-7H2,1-3H3,(H2,16,17,18,19). The van der Waals surface area contributed by atoms with E-state index in [9.17, 15) is 0 Å². The number of aromatic nitrogens is 2. The lowest BCUT2D eigenvalue weighted by Gasteiger charge is -2.08. The Morgan fingerprint density at radius 2 is 2.20 bits per heavy atom. The second kappa shape index (κ2) is 5.56. The van der Waals surface area contributed by atoms with E-state index in [1.54, 1.807) is 11.3 Å². The number of rotatable bonds is 6. The van der Waals surface area contributed by atoms with Gasteiger partial charge in [0.25, 0.3) is 0 Å². The molecule has 2 unspecified atom stereocenters. The highest BCUT2D eigenvalue weighted by atomic mass is 32.1. The Morgan fingerprint density at radius 1 is 1.35 bits per heavy atom. The first kappa shape index (κ1) is 13.6. The molecule has 2 N–H and O–H groups in total. The van der Waals surface area contributed by atoms with Crippen LogP contribution in [0.1, 0.15) is 38.0 Å². The van der Waals surface area contributed by atoms with Gasteiger partial charge in [-0.15, -0.1) is 11.3 Å². The van der Waals surface area contributed by atoms with Gasteiger partial charge in [0, 0.05) is 18.0 Å². The molecule has 0 bridgehead atoms. The van der Waals surface area contributed by atoms with Crippen LogP contribution >= 0.6 is 11.3 Å². The van der Waals surface area contributed by atoms with Crippen LogP contribution in [0.5, 0.6) is 0 Å². The van der Waals surface area contributed by atoms with E-state index in [4.69, 9.17) is 0 Å². The smallest absolute Gasteiger partial charge is 0.225 e. The van der Waals surface area contributed by atoms with Gasteiger partial charge < -0.3 is 10.6 Å². The number of anilines is 2. The molecule has 0 amide bonds. The van der Waals surface area contributed by atoms with E-state index in [0.717, 1.165) is 23.0 Å². The van der Waals surface area contributed by atoms with Gasteiger partial charge >= 0.3 is 0 Å². The van der Waals surface area contributed by atoms with Crippen LogP contribution in [0.25, 0.3) is 10.2 Å². The van der Waals surface area contributed by atoms with Gasteiger partial charge in [0.15, 0.2) is 0 Å². The minimum Gasteiger partial charge on any atom is -0.366 e. The molecule has 0 aromatic carbocycles. The first-order valence-electron chi connectivity index (χ1n) is 7.49. The lowest BCUT2D eigenvalue weighted by Crippen LogP contribution is -2.08. The summed E-state index contributed by atoms with van der Waals surface area (Å²) in [6, 6.07) is 2.83. The summed E-state index contributed by atoms with van der Waals surface area (Å²) in [5.74, 6) is 2.53. The van der Waals surface area contributed by atoms with Gasteiger partial charge in [0.05, 0.1) is 5.39 Å². The van der Waals surface area contributed by atoms with Gasteiger partial charge in [-0.2, -0.15) is 4.98 Å². The molecule has 0 saturated heterocycles. The predicted octanol–water partition coefficient (Wildman–Crippen LogP) is 3.90. The minimum atomic E-state index is 0.600. The van der Waals surface area contributed by atoms with E-state index in [0.29, 0.717) is 12.0 Å². The van der Waals surface area contributed by atoms with Crippen LogP contribution < -0.4 is 10.6 Å². The van der Waals surface area contributed by atoms with Gasteiger partial charge in [-0.3, -0.25) is 0 Å². The van der Waals surface area contributed by atoms with E-state index in [1.165, 1.54) is 29.5 Å². The predicted molar refractivity (Wildman–Crippen MR) is 86.8 cm³/mol. The van der Waals surface area contributed by atoms with Crippen LogP contribution in [0.4, 0.5) is 11.8 Å². The SMILES string of the molecule is CCCC1CC1Nc1nc(NC)nc2sc(CC)cc12. The van der Waals surface area contributed by atoms with E-state index < -0.39 is 0 Å². The molecule has 5 heteroatoms. The van der Waals surface area contributed by atoms with Gasteiger partial charge in [-0.1, -0.05) is 20.3 Å². The monoisotopic (exact) mass is 290 g/mol. The maximum Gasteiger partial charge on any atom is 0.225 e. The highest BCUT2D eigenvalue weighted by Crippen LogP contribution is 2.39. The summed E-state index contributed by atoms with van der Waals surface area (Å²) in [5, 5.41) is 7.86. The molecule has 1 aliphatic rings. The zero-order chi connectivity index (χ0) is 14.1. The number of fused-ring (bicyclic) bond motifs is 1. The van der Waals surface area contributed by atoms with Crippen molar-refractivity contribution in [1.29, 1.82) is 0 Å². The molecule has 1 aliphatic carbocycles. The molecule has 0 spiro atoms. The summed E-state index contributed by atoms with van der Waals surface area (Å²) in [5.41, 5.74) is 0. The van der Waals surface area contributed by atoms with Gasteiger partial charge in [0.1, 0.15) is 10.6 Å². The van der Waals surface area contributed by atoms with Crippen LogP contribution in [0.15, 0.2) is 6.07 Å². The Kier molecular flexibility index (Phi) is 3.78. The van der Waals surface area contributed by atoms with Crippen molar-refractivity contribution in [2.75, 3.05) is 17.7 Å². The second-order valence-corrected chi connectivity index (χ2v) is 6.58. The molecule has 108 valence electrons. The van der Waals surface area contributed by atoms with Crippen molar-refractivity contribution in [1.82, 2.24) is 9.97 Å². The average Bonchev–Trinajstić information content (AvgIpc) is 3.03. The van der Waals surface area contributed by atoms with E-state index >= 15 is 0 Å². The first-order chi connectivity index (χ1) is 9.75. The van der Waals surface area contributed by atoms with Gasteiger partial charge in [0.2, 0.25) is 5.95 Å². The number of nitrogens with one attached hydrogen (secondary N) is 2. The lowest BCUT2D eigenvalue weighted by atomic mass is 10.2. The first-order valence-corrected chi connectivity index (χ1v) is 8.31. The lowest BCUT2D eigenvalue weighted by molar-refractivity contribution is 0.692. The summed E-state index contributed by atoms with van der Waals surface area (Å²) >= 11 is 1.77. The van der Waals surface area contributed by atoms with E-state index in [2.05, 4.69) is 40.5 Å². The number of thiophene rings is 1. The van der Waals surface area contributed by atoms with Crippen LogP contribution in [-0.4, -0.2) is 23.1 Å². The van der Waals surface area contributed by atoms with Crippen molar-refractivity contribution >= 4 is 33.3 Å². The molecule has 2 atom stereocenters. The van der Waals surface area contributed by atoms with Gasteiger partial charge in [-0.05, 0) is 31.2 Å². The molecule has 4 nitrogen and oxygen atoms in total. The Bertz CT molecular complexity index is 607. The fourth-order valence-electron chi connectivity index (χ4n) is 2.66. The van der Waals surface area contributed by atoms with Crippen molar-refractivity contribution in [3.63, 3.8) is 0 Å². The third-order valence-electron chi connectivity index (χ3n) is 3.92. The maximum atomic E-state index is 4.62. The molecule has 2 heterocycles. The fourth-order valence-corrected chi connectivity index (χ4v) is 3.62. The molecule has 0 radical (unpaired) electrons. The van der Waals surface area contributed by atoms with Crippen LogP contribution in [0.2, 0.25) is 0 Å². The van der Waals surface area contributed by atoms with Crippen molar-refractivity contribution in [3.05, 3.63) is 10.9 Å². The maximum absolute atomic E-state index is 4.62. The Hall–Kier alpha value is -1.36. The third-order valence-corrected chi connectivity index (χ3v) is 5.09. The van der Waals surface area contributed by atoms with Crippen LogP contribution in [-0.2, 0) is 6.42 Å². The van der Waals surface area contributed by atoms with Crippen molar-refractivity contribution in [2.24, 2.45) is 5.92 Å². The molecule has 1 fully saturated rings. The zero-order valence-electron chi connectivity index (χ0n) is 12.4. The molecule has 3 rings (SSSR count). The summed E-state index contributed by atoms with van der Waals surface area (Å²) in [7, 11) is 1.87. The van der Waals surface area contributed by atoms with Crippen LogP contribution in [0.3, 0.4) is 0 Å². The van der Waals surface area contributed by atoms with Crippen molar-refractivity contribution in [3.8, 4) is 0 Å². The Labute approximate surface area is 124 Å². The highest BCUT2D eigenvalue weighted by Gasteiger charge is 2.36. The zero-order valence-corrected chi connectivity index (χ0v) is 13.2. The highest BCUT2D eigenvalue weighted by molar-refractivity contribution is 7.18. The summed E-state index contributed by atoms with van der Waals surface area (Å²) in [4.78, 5) is 11.6. The number of nitrogens with zero attached hydrogens (tertiary/aromatic N) is 2. The molecule has 1 saturated carbocycles. The topological polar surface area (TPSA) is 49.8 Å². The van der Waals surface area contributed by atoms with Crippen molar-refractivity contribution < 1.29 is 0 Å². The normalized spacial score (nSPS) is 21.1. The second-order valence-electron chi connectivity index (χ2n) is 5.47. The van der Waals surface area contributed by atoms with E-state index in [-0.39, 0.29) is 0 Å². The minimum absolute atomic E-state index is 0.600. The number of hydrogen-bond acceptors (Lipinski definition) is 5. The number of aryl methyl sites for hydroxylation is 1. The summed E-state index contributed by atoms with van der Waals surface area (Å²) in [6.07, 6.45) is 4.91. The summed E-state index contributed by atoms with van der Waals surface area (Å²) in [6.45, 7) is 4.44. The Morgan fingerprint density at radius 3 is 2.90 bits per heavy atom. The summed E-state index contributed by atoms with van der Waals surface area (Å²) < 4.78 is 0. The largest absolute Gasteiger partial charge is 0.366 e. The van der Waals surface area contributed by atoms with Crippen molar-refractivity contribution in [2.45, 2.75) is 45.6 Å². The molecule has 20 heavy (non-hydrogen) atoms. The Balaban J connectivity index is 1.89. The fraction of sp³-hybridized carbons (Fsp3) is 0.600. The molecular formula is C15H22N4S.